The molecule has 2 aliphatic carbocycles. The Bertz CT molecular complexity index is 1160. The van der Waals surface area contributed by atoms with Crippen LogP contribution in [0, 0.1) is 0 Å². The highest BCUT2D eigenvalue weighted by Gasteiger charge is 2.73. The average Bonchev–Trinajstić information content (AvgIpc) is 3.07. The first kappa shape index (κ1) is 21.8. The molecule has 174 valence electrons. The quantitative estimate of drug-likeness (QED) is 0.501. The number of hydrogen-bond acceptors (Lipinski definition) is 3. The molecule has 1 heterocycles. The summed E-state index contributed by atoms with van der Waals surface area (Å²) in [4.78, 5) is 18.7. The molecule has 0 bridgehead atoms. The summed E-state index contributed by atoms with van der Waals surface area (Å²) in [5.74, 6) is -0.239. The maximum Gasteiger partial charge on any atom is 0.573 e. The molecule has 0 aliphatic heterocycles. The van der Waals surface area contributed by atoms with Gasteiger partial charge in [-0.15, -0.1) is 13.2 Å². The van der Waals surface area contributed by atoms with Gasteiger partial charge < -0.3 is 19.9 Å². The van der Waals surface area contributed by atoms with Crippen molar-refractivity contribution in [3.63, 3.8) is 0 Å². The van der Waals surface area contributed by atoms with E-state index >= 15 is 0 Å². The number of nitrogens with one attached hydrogen (secondary N) is 2. The van der Waals surface area contributed by atoms with Crippen molar-refractivity contribution in [2.45, 2.75) is 56.6 Å². The molecular weight excluding hydrogens is 431 g/mol. The van der Waals surface area contributed by atoms with Crippen molar-refractivity contribution >= 4 is 16.8 Å². The molecule has 5 rings (SSSR count). The highest BCUT2D eigenvalue weighted by molar-refractivity contribution is 5.98. The Balaban J connectivity index is 1.33. The van der Waals surface area contributed by atoms with E-state index in [-0.39, 0.29) is 22.7 Å². The standard InChI is InChI=1S/C25H26F3N3O2/c1-2-31(22(32)21-14-18-8-3-4-10-20(18)30-21)24-12-6-11-23(24,16-24)29-15-17-7-5-9-19(13-17)33-25(26,27)28/h3-5,7-10,13-14,29-30H,2,6,11-12,15-16H2,1H3/t23?,24-/m0/s1. The summed E-state index contributed by atoms with van der Waals surface area (Å²) < 4.78 is 41.7. The van der Waals surface area contributed by atoms with Crippen molar-refractivity contribution in [3.05, 3.63) is 65.9 Å². The largest absolute Gasteiger partial charge is 0.573 e. The topological polar surface area (TPSA) is 57.4 Å². The van der Waals surface area contributed by atoms with Gasteiger partial charge in [0.15, 0.2) is 0 Å². The van der Waals surface area contributed by atoms with Gasteiger partial charge in [-0.05, 0) is 62.4 Å². The first-order valence-corrected chi connectivity index (χ1v) is 11.2. The van der Waals surface area contributed by atoms with E-state index in [1.807, 2.05) is 42.2 Å². The molecule has 2 N–H and O–H groups in total. The van der Waals surface area contributed by atoms with Crippen molar-refractivity contribution < 1.29 is 22.7 Å². The number of carbonyl (C=O) groups is 1. The van der Waals surface area contributed by atoms with Crippen LogP contribution >= 0.6 is 0 Å². The normalized spacial score (nSPS) is 24.0. The predicted molar refractivity (Wildman–Crippen MR) is 119 cm³/mol. The average molecular weight is 457 g/mol. The van der Waals surface area contributed by atoms with Gasteiger partial charge in [0, 0.05) is 29.5 Å². The number of likely N-dealkylation sites (N-methyl/N-ethyl adjacent to an activating group) is 1. The summed E-state index contributed by atoms with van der Waals surface area (Å²) in [5, 5.41) is 4.59. The molecule has 2 atom stereocenters. The molecule has 2 fully saturated rings. The number of benzene rings is 2. The van der Waals surface area contributed by atoms with E-state index in [1.165, 1.54) is 12.1 Å². The minimum Gasteiger partial charge on any atom is -0.406 e. The summed E-state index contributed by atoms with van der Waals surface area (Å²) in [7, 11) is 0. The van der Waals surface area contributed by atoms with Gasteiger partial charge in [0.05, 0.1) is 5.54 Å². The number of aromatic amines is 1. The van der Waals surface area contributed by atoms with Gasteiger partial charge >= 0.3 is 6.36 Å². The van der Waals surface area contributed by atoms with Crippen LogP contribution in [0.5, 0.6) is 5.75 Å². The highest BCUT2D eigenvalue weighted by Crippen LogP contribution is 2.63. The van der Waals surface area contributed by atoms with E-state index in [0.717, 1.165) is 36.6 Å². The molecule has 33 heavy (non-hydrogen) atoms. The Morgan fingerprint density at radius 1 is 1.15 bits per heavy atom. The zero-order valence-electron chi connectivity index (χ0n) is 18.3. The monoisotopic (exact) mass is 457 g/mol. The Kier molecular flexibility index (Phi) is 5.16. The third kappa shape index (κ3) is 3.86. The van der Waals surface area contributed by atoms with Crippen molar-refractivity contribution in [2.75, 3.05) is 6.54 Å². The molecule has 2 aromatic carbocycles. The number of H-pyrrole nitrogens is 1. The Morgan fingerprint density at radius 2 is 1.97 bits per heavy atom. The van der Waals surface area contributed by atoms with Gasteiger partial charge in [0.1, 0.15) is 11.4 Å². The first-order chi connectivity index (χ1) is 15.8. The molecule has 0 radical (unpaired) electrons. The lowest BCUT2D eigenvalue weighted by atomic mass is 10.1. The fraction of sp³-hybridized carbons (Fsp3) is 0.400. The van der Waals surface area contributed by atoms with Crippen LogP contribution in [0.2, 0.25) is 0 Å². The van der Waals surface area contributed by atoms with Crippen LogP contribution in [0.15, 0.2) is 54.6 Å². The molecule has 0 spiro atoms. The lowest BCUT2D eigenvalue weighted by molar-refractivity contribution is -0.274. The minimum atomic E-state index is -4.72. The van der Waals surface area contributed by atoms with Crippen LogP contribution in [0.3, 0.4) is 0 Å². The Hall–Kier alpha value is -3.00. The third-order valence-electron chi connectivity index (χ3n) is 7.16. The van der Waals surface area contributed by atoms with Crippen molar-refractivity contribution in [2.24, 2.45) is 0 Å². The van der Waals surface area contributed by atoms with Crippen LogP contribution in [-0.4, -0.2) is 39.8 Å². The smallest absolute Gasteiger partial charge is 0.406 e. The van der Waals surface area contributed by atoms with Gasteiger partial charge in [0.25, 0.3) is 5.91 Å². The van der Waals surface area contributed by atoms with E-state index in [9.17, 15) is 18.0 Å². The number of alkyl halides is 3. The summed E-state index contributed by atoms with van der Waals surface area (Å²) in [6, 6.07) is 15.7. The molecule has 1 unspecified atom stereocenters. The van der Waals surface area contributed by atoms with Crippen molar-refractivity contribution in [1.82, 2.24) is 15.2 Å². The first-order valence-electron chi connectivity index (χ1n) is 11.2. The second-order valence-corrected chi connectivity index (χ2v) is 9.01. The zero-order valence-corrected chi connectivity index (χ0v) is 18.3. The maximum atomic E-state index is 13.5. The van der Waals surface area contributed by atoms with E-state index in [1.54, 1.807) is 12.1 Å². The number of rotatable bonds is 7. The fourth-order valence-corrected chi connectivity index (χ4v) is 5.69. The molecule has 8 heteroatoms. The summed E-state index contributed by atoms with van der Waals surface area (Å²) in [6.07, 6.45) is -1.02. The van der Waals surface area contributed by atoms with E-state index in [2.05, 4.69) is 15.0 Å². The molecule has 0 saturated heterocycles. The Morgan fingerprint density at radius 3 is 2.73 bits per heavy atom. The van der Waals surface area contributed by atoms with E-state index < -0.39 is 6.36 Å². The van der Waals surface area contributed by atoms with Gasteiger partial charge in [-0.1, -0.05) is 30.3 Å². The fourth-order valence-electron chi connectivity index (χ4n) is 5.69. The van der Waals surface area contributed by atoms with E-state index in [0.29, 0.717) is 24.3 Å². The molecule has 2 aliphatic rings. The van der Waals surface area contributed by atoms with Crippen LogP contribution in [-0.2, 0) is 6.54 Å². The van der Waals surface area contributed by atoms with Crippen LogP contribution < -0.4 is 10.1 Å². The molecule has 1 aromatic heterocycles. The third-order valence-corrected chi connectivity index (χ3v) is 7.16. The predicted octanol–water partition coefficient (Wildman–Crippen LogP) is 5.38. The summed E-state index contributed by atoms with van der Waals surface area (Å²) >= 11 is 0. The number of carbonyl (C=O) groups excluding carboxylic acids is 1. The van der Waals surface area contributed by atoms with Crippen molar-refractivity contribution in [3.8, 4) is 5.75 Å². The number of aromatic nitrogens is 1. The van der Waals surface area contributed by atoms with Crippen LogP contribution in [0.4, 0.5) is 13.2 Å². The second kappa shape index (κ2) is 7.80. The maximum absolute atomic E-state index is 13.5. The van der Waals surface area contributed by atoms with Crippen LogP contribution in [0.25, 0.3) is 10.9 Å². The van der Waals surface area contributed by atoms with Gasteiger partial charge in [-0.2, -0.15) is 0 Å². The zero-order chi connectivity index (χ0) is 23.3. The highest BCUT2D eigenvalue weighted by atomic mass is 19.4. The number of nitrogens with zero attached hydrogens (tertiary/aromatic N) is 1. The number of para-hydroxylation sites is 1. The van der Waals surface area contributed by atoms with E-state index in [4.69, 9.17) is 0 Å². The molecule has 3 aromatic rings. The van der Waals surface area contributed by atoms with Gasteiger partial charge in [-0.25, -0.2) is 0 Å². The SMILES string of the molecule is CCN(C(=O)c1cc2ccccc2[nH]1)[C@]12CCCC1(NCc1cccc(OC(F)(F)F)c1)C2. The van der Waals surface area contributed by atoms with Gasteiger partial charge in [-0.3, -0.25) is 4.79 Å². The summed E-state index contributed by atoms with van der Waals surface area (Å²) in [6.45, 7) is 3.00. The second-order valence-electron chi connectivity index (χ2n) is 9.01. The number of halogens is 3. The minimum absolute atomic E-state index is 0.0140. The molecular formula is C25H26F3N3O2. The number of fused-ring (bicyclic) bond motifs is 2. The lowest BCUT2D eigenvalue weighted by Gasteiger charge is -2.32. The summed E-state index contributed by atoms with van der Waals surface area (Å²) in [5.41, 5.74) is 1.74. The number of ether oxygens (including phenoxy) is 1. The molecule has 2 saturated carbocycles. The Labute approximate surface area is 189 Å². The molecule has 1 amide bonds. The number of amides is 1. The van der Waals surface area contributed by atoms with Crippen LogP contribution in [0.1, 0.15) is 48.7 Å². The number of hydrogen-bond donors (Lipinski definition) is 2. The molecule has 5 nitrogen and oxygen atoms in total. The van der Waals surface area contributed by atoms with Crippen molar-refractivity contribution in [1.29, 1.82) is 0 Å². The van der Waals surface area contributed by atoms with Gasteiger partial charge in [0.2, 0.25) is 0 Å². The lowest BCUT2D eigenvalue weighted by Crippen LogP contribution is -2.49.